The van der Waals surface area contributed by atoms with Gasteiger partial charge in [0, 0.05) is 19.5 Å². The molecular weight excluding hydrogens is 440 g/mol. The van der Waals surface area contributed by atoms with Crippen LogP contribution in [-0.2, 0) is 29.0 Å². The molecule has 0 spiro atoms. The third-order valence-electron chi connectivity index (χ3n) is 5.69. The summed E-state index contributed by atoms with van der Waals surface area (Å²) in [6.45, 7) is 4.33. The third-order valence-corrected chi connectivity index (χ3v) is 5.69. The first-order chi connectivity index (χ1) is 17.0. The fourth-order valence-electron chi connectivity index (χ4n) is 3.89. The smallest absolute Gasteiger partial charge is 0.243 e. The van der Waals surface area contributed by atoms with E-state index in [4.69, 9.17) is 9.47 Å². The van der Waals surface area contributed by atoms with E-state index in [1.54, 1.807) is 37.3 Å². The SMILES string of the molecule is C=CCNC(=O)C(Cc1ccccc1)N(Cc1ccccc1)C(=O)Cc1ccc(OC)c(OC)c1. The summed E-state index contributed by atoms with van der Waals surface area (Å²) in [4.78, 5) is 28.7. The molecule has 182 valence electrons. The lowest BCUT2D eigenvalue weighted by atomic mass is 10.0. The molecule has 1 atom stereocenters. The Kier molecular flexibility index (Phi) is 9.49. The molecule has 35 heavy (non-hydrogen) atoms. The van der Waals surface area contributed by atoms with Crippen LogP contribution in [0.15, 0.2) is 91.5 Å². The summed E-state index contributed by atoms with van der Waals surface area (Å²) >= 11 is 0. The maximum atomic E-state index is 13.7. The normalized spacial score (nSPS) is 11.3. The highest BCUT2D eigenvalue weighted by atomic mass is 16.5. The fourth-order valence-corrected chi connectivity index (χ4v) is 3.89. The second kappa shape index (κ2) is 13.0. The first-order valence-corrected chi connectivity index (χ1v) is 11.5. The minimum atomic E-state index is -0.690. The minimum absolute atomic E-state index is 0.118. The standard InChI is InChI=1S/C29H32N2O4/c1-4-17-30-29(33)25(18-22-11-7-5-8-12-22)31(21-23-13-9-6-10-14-23)28(32)20-24-15-16-26(34-2)27(19-24)35-3/h4-16,19,25H,1,17-18,20-21H2,2-3H3,(H,30,33). The summed E-state index contributed by atoms with van der Waals surface area (Å²) in [6.07, 6.45) is 2.14. The van der Waals surface area contributed by atoms with E-state index in [-0.39, 0.29) is 18.2 Å². The monoisotopic (exact) mass is 472 g/mol. The largest absolute Gasteiger partial charge is 0.493 e. The van der Waals surface area contributed by atoms with Gasteiger partial charge < -0.3 is 19.7 Å². The second-order valence-corrected chi connectivity index (χ2v) is 8.11. The molecule has 0 aliphatic heterocycles. The van der Waals surface area contributed by atoms with Crippen LogP contribution in [0.1, 0.15) is 16.7 Å². The number of nitrogens with one attached hydrogen (secondary N) is 1. The van der Waals surface area contributed by atoms with Crippen LogP contribution in [0.2, 0.25) is 0 Å². The predicted molar refractivity (Wildman–Crippen MR) is 137 cm³/mol. The Morgan fingerprint density at radius 3 is 2.11 bits per heavy atom. The van der Waals surface area contributed by atoms with Gasteiger partial charge in [0.2, 0.25) is 11.8 Å². The van der Waals surface area contributed by atoms with Crippen molar-refractivity contribution in [3.8, 4) is 11.5 Å². The average Bonchev–Trinajstić information content (AvgIpc) is 2.90. The van der Waals surface area contributed by atoms with Crippen LogP contribution in [0.3, 0.4) is 0 Å². The van der Waals surface area contributed by atoms with Gasteiger partial charge in [-0.25, -0.2) is 0 Å². The van der Waals surface area contributed by atoms with Gasteiger partial charge in [-0.05, 0) is 28.8 Å². The molecule has 3 rings (SSSR count). The van der Waals surface area contributed by atoms with Gasteiger partial charge in [-0.15, -0.1) is 6.58 Å². The Balaban J connectivity index is 1.95. The molecular formula is C29H32N2O4. The Morgan fingerprint density at radius 2 is 1.51 bits per heavy atom. The molecule has 1 unspecified atom stereocenters. The lowest BCUT2D eigenvalue weighted by Crippen LogP contribution is -2.51. The molecule has 0 bridgehead atoms. The number of nitrogens with zero attached hydrogens (tertiary/aromatic N) is 1. The van der Waals surface area contributed by atoms with Crippen molar-refractivity contribution in [2.24, 2.45) is 0 Å². The molecule has 0 fully saturated rings. The van der Waals surface area contributed by atoms with Crippen molar-refractivity contribution < 1.29 is 19.1 Å². The third kappa shape index (κ3) is 7.21. The van der Waals surface area contributed by atoms with Crippen LogP contribution in [0.4, 0.5) is 0 Å². The summed E-state index contributed by atoms with van der Waals surface area (Å²) in [5.41, 5.74) is 2.70. The number of carbonyl (C=O) groups is 2. The molecule has 3 aromatic rings. The van der Waals surface area contributed by atoms with Crippen LogP contribution >= 0.6 is 0 Å². The topological polar surface area (TPSA) is 67.9 Å². The van der Waals surface area contributed by atoms with Crippen LogP contribution in [-0.4, -0.2) is 43.5 Å². The molecule has 0 aromatic heterocycles. The number of carbonyl (C=O) groups excluding carboxylic acids is 2. The van der Waals surface area contributed by atoms with Crippen molar-refractivity contribution in [3.05, 3.63) is 108 Å². The summed E-state index contributed by atoms with van der Waals surface area (Å²) in [5.74, 6) is 0.772. The number of rotatable bonds is 12. The van der Waals surface area contributed by atoms with Gasteiger partial charge in [-0.3, -0.25) is 9.59 Å². The zero-order chi connectivity index (χ0) is 25.0. The number of amides is 2. The van der Waals surface area contributed by atoms with Crippen molar-refractivity contribution >= 4 is 11.8 Å². The van der Waals surface area contributed by atoms with E-state index in [9.17, 15) is 9.59 Å². The zero-order valence-electron chi connectivity index (χ0n) is 20.3. The number of hydrogen-bond donors (Lipinski definition) is 1. The van der Waals surface area contributed by atoms with Crippen molar-refractivity contribution in [1.82, 2.24) is 10.2 Å². The molecule has 0 radical (unpaired) electrons. The number of methoxy groups -OCH3 is 2. The highest BCUT2D eigenvalue weighted by Gasteiger charge is 2.30. The Morgan fingerprint density at radius 1 is 0.886 bits per heavy atom. The quantitative estimate of drug-likeness (QED) is 0.402. The van der Waals surface area contributed by atoms with Gasteiger partial charge in [0.15, 0.2) is 11.5 Å². The predicted octanol–water partition coefficient (Wildman–Crippen LogP) is 4.19. The van der Waals surface area contributed by atoms with Crippen molar-refractivity contribution in [1.29, 1.82) is 0 Å². The number of ether oxygens (including phenoxy) is 2. The summed E-state index contributed by atoms with van der Waals surface area (Å²) in [6, 6.07) is 24.1. The maximum Gasteiger partial charge on any atom is 0.243 e. The van der Waals surface area contributed by atoms with Crippen LogP contribution in [0.5, 0.6) is 11.5 Å². The Labute approximate surface area is 207 Å². The molecule has 0 saturated heterocycles. The molecule has 6 heteroatoms. The summed E-state index contributed by atoms with van der Waals surface area (Å²) in [5, 5.41) is 2.88. The van der Waals surface area contributed by atoms with E-state index < -0.39 is 6.04 Å². The molecule has 0 aliphatic carbocycles. The highest BCUT2D eigenvalue weighted by molar-refractivity contribution is 5.89. The molecule has 6 nitrogen and oxygen atoms in total. The second-order valence-electron chi connectivity index (χ2n) is 8.11. The van der Waals surface area contributed by atoms with Crippen molar-refractivity contribution in [3.63, 3.8) is 0 Å². The molecule has 0 aliphatic rings. The molecule has 0 saturated carbocycles. The fraction of sp³-hybridized carbons (Fsp3) is 0.241. The van der Waals surface area contributed by atoms with Crippen LogP contribution in [0, 0.1) is 0 Å². The van der Waals surface area contributed by atoms with Gasteiger partial charge in [0.25, 0.3) is 0 Å². The van der Waals surface area contributed by atoms with E-state index in [0.29, 0.717) is 31.0 Å². The van der Waals surface area contributed by atoms with Crippen LogP contribution in [0.25, 0.3) is 0 Å². The lowest BCUT2D eigenvalue weighted by molar-refractivity contribution is -0.140. The van der Waals surface area contributed by atoms with Crippen molar-refractivity contribution in [2.75, 3.05) is 20.8 Å². The Hall–Kier alpha value is -4.06. The summed E-state index contributed by atoms with van der Waals surface area (Å²) in [7, 11) is 3.13. The van der Waals surface area contributed by atoms with Crippen LogP contribution < -0.4 is 14.8 Å². The average molecular weight is 473 g/mol. The van der Waals surface area contributed by atoms with Gasteiger partial charge in [0.1, 0.15) is 6.04 Å². The minimum Gasteiger partial charge on any atom is -0.493 e. The van der Waals surface area contributed by atoms with Gasteiger partial charge in [-0.2, -0.15) is 0 Å². The van der Waals surface area contributed by atoms with E-state index >= 15 is 0 Å². The van der Waals surface area contributed by atoms with E-state index in [0.717, 1.165) is 16.7 Å². The first-order valence-electron chi connectivity index (χ1n) is 11.5. The zero-order valence-corrected chi connectivity index (χ0v) is 20.3. The van der Waals surface area contributed by atoms with Gasteiger partial charge in [0.05, 0.1) is 20.6 Å². The van der Waals surface area contributed by atoms with E-state index in [1.165, 1.54) is 0 Å². The Bertz CT molecular complexity index is 1120. The molecule has 2 amide bonds. The summed E-state index contributed by atoms with van der Waals surface area (Å²) < 4.78 is 10.7. The van der Waals surface area contributed by atoms with E-state index in [2.05, 4.69) is 11.9 Å². The van der Waals surface area contributed by atoms with Crippen molar-refractivity contribution in [2.45, 2.75) is 25.4 Å². The first kappa shape index (κ1) is 25.6. The van der Waals surface area contributed by atoms with Gasteiger partial charge in [-0.1, -0.05) is 72.8 Å². The number of hydrogen-bond acceptors (Lipinski definition) is 4. The molecule has 1 N–H and O–H groups in total. The number of benzene rings is 3. The maximum absolute atomic E-state index is 13.7. The molecule has 3 aromatic carbocycles. The van der Waals surface area contributed by atoms with Gasteiger partial charge >= 0.3 is 0 Å². The van der Waals surface area contributed by atoms with E-state index in [1.807, 2.05) is 66.7 Å². The lowest BCUT2D eigenvalue weighted by Gasteiger charge is -2.31. The molecule has 0 heterocycles. The highest BCUT2D eigenvalue weighted by Crippen LogP contribution is 2.28.